The molecule has 2 rings (SSSR count). The Morgan fingerprint density at radius 1 is 1.12 bits per heavy atom. The largest absolute Gasteiger partial charge is 0.478 e. The predicted octanol–water partition coefficient (Wildman–Crippen LogP) is 3.91. The second-order valence-corrected chi connectivity index (χ2v) is 4.53. The lowest BCUT2D eigenvalue weighted by atomic mass is 9.89. The molecule has 0 amide bonds. The van der Waals surface area contributed by atoms with Gasteiger partial charge in [0, 0.05) is 5.41 Å². The quantitative estimate of drug-likeness (QED) is 0.742. The molecule has 1 aromatic rings. The van der Waals surface area contributed by atoms with E-state index in [0.717, 1.165) is 6.42 Å². The normalized spacial score (nSPS) is 15.9. The first kappa shape index (κ1) is 13.2. The first-order chi connectivity index (χ1) is 8.01. The first-order valence-electron chi connectivity index (χ1n) is 5.65. The van der Waals surface area contributed by atoms with Crippen molar-refractivity contribution in [2.45, 2.75) is 20.3 Å². The van der Waals surface area contributed by atoms with Crippen molar-refractivity contribution in [3.63, 3.8) is 0 Å². The van der Waals surface area contributed by atoms with E-state index in [9.17, 15) is 4.79 Å². The highest BCUT2D eigenvalue weighted by Gasteiger charge is 2.09. The minimum atomic E-state index is -0.879. The molecule has 0 spiro atoms. The number of carbonyl (C=O) groups is 1. The van der Waals surface area contributed by atoms with E-state index in [0.29, 0.717) is 11.0 Å². The van der Waals surface area contributed by atoms with Gasteiger partial charge in [-0.1, -0.05) is 56.4 Å². The number of hydrogen-bond donors (Lipinski definition) is 1. The van der Waals surface area contributed by atoms with Gasteiger partial charge in [-0.2, -0.15) is 0 Å². The van der Waals surface area contributed by atoms with Crippen LogP contribution in [0.2, 0.25) is 0 Å². The highest BCUT2D eigenvalue weighted by Crippen LogP contribution is 2.22. The SMILES string of the molecule is CC1(C)C=CCC=C1.O=C(O)c1ccccc1. The minimum absolute atomic E-state index is 0.318. The Kier molecular flexibility index (Phi) is 4.70. The zero-order chi connectivity index (χ0) is 12.7. The molecule has 0 fully saturated rings. The second-order valence-electron chi connectivity index (χ2n) is 4.53. The summed E-state index contributed by atoms with van der Waals surface area (Å²) in [6.07, 6.45) is 10.0. The van der Waals surface area contributed by atoms with Gasteiger partial charge >= 0.3 is 5.97 Å². The maximum atomic E-state index is 10.2. The highest BCUT2D eigenvalue weighted by atomic mass is 16.4. The molecular weight excluding hydrogens is 212 g/mol. The van der Waals surface area contributed by atoms with Gasteiger partial charge in [-0.25, -0.2) is 4.79 Å². The lowest BCUT2D eigenvalue weighted by Crippen LogP contribution is -2.03. The van der Waals surface area contributed by atoms with E-state index in [1.807, 2.05) is 0 Å². The monoisotopic (exact) mass is 230 g/mol. The molecule has 2 heteroatoms. The van der Waals surface area contributed by atoms with Crippen LogP contribution in [0, 0.1) is 5.41 Å². The average Bonchev–Trinajstić information content (AvgIpc) is 2.30. The van der Waals surface area contributed by atoms with Gasteiger partial charge in [0.2, 0.25) is 0 Å². The third-order valence-corrected chi connectivity index (χ3v) is 2.39. The van der Waals surface area contributed by atoms with Crippen molar-refractivity contribution in [3.05, 3.63) is 60.2 Å². The molecule has 0 bridgehead atoms. The molecule has 1 aliphatic rings. The molecular formula is C15H18O2. The van der Waals surface area contributed by atoms with Gasteiger partial charge in [0.25, 0.3) is 0 Å². The molecule has 0 aromatic heterocycles. The zero-order valence-corrected chi connectivity index (χ0v) is 10.3. The topological polar surface area (TPSA) is 37.3 Å². The Labute approximate surface area is 102 Å². The summed E-state index contributed by atoms with van der Waals surface area (Å²) in [6, 6.07) is 8.30. The minimum Gasteiger partial charge on any atom is -0.478 e. The van der Waals surface area contributed by atoms with Crippen molar-refractivity contribution in [1.82, 2.24) is 0 Å². The van der Waals surface area contributed by atoms with Crippen molar-refractivity contribution in [3.8, 4) is 0 Å². The molecule has 90 valence electrons. The van der Waals surface area contributed by atoms with Crippen LogP contribution in [0.1, 0.15) is 30.6 Å². The molecule has 0 saturated heterocycles. The Morgan fingerprint density at radius 2 is 1.65 bits per heavy atom. The van der Waals surface area contributed by atoms with Crippen LogP contribution in [0.25, 0.3) is 0 Å². The van der Waals surface area contributed by atoms with Gasteiger partial charge in [0.05, 0.1) is 5.56 Å². The highest BCUT2D eigenvalue weighted by molar-refractivity contribution is 5.87. The summed E-state index contributed by atoms with van der Waals surface area (Å²) < 4.78 is 0. The van der Waals surface area contributed by atoms with E-state index in [1.54, 1.807) is 30.3 Å². The average molecular weight is 230 g/mol. The molecule has 1 aromatic carbocycles. The molecule has 0 unspecified atom stereocenters. The van der Waals surface area contributed by atoms with Crippen LogP contribution in [0.5, 0.6) is 0 Å². The van der Waals surface area contributed by atoms with Crippen LogP contribution in [0.4, 0.5) is 0 Å². The van der Waals surface area contributed by atoms with E-state index in [4.69, 9.17) is 5.11 Å². The fourth-order valence-electron chi connectivity index (χ4n) is 1.46. The third kappa shape index (κ3) is 5.16. The van der Waals surface area contributed by atoms with Crippen LogP contribution >= 0.6 is 0 Å². The maximum absolute atomic E-state index is 10.2. The third-order valence-electron chi connectivity index (χ3n) is 2.39. The lowest BCUT2D eigenvalue weighted by molar-refractivity contribution is 0.0697. The number of aromatic carboxylic acids is 1. The fourth-order valence-corrected chi connectivity index (χ4v) is 1.46. The van der Waals surface area contributed by atoms with Crippen molar-refractivity contribution in [1.29, 1.82) is 0 Å². The van der Waals surface area contributed by atoms with E-state index in [-0.39, 0.29) is 0 Å². The summed E-state index contributed by atoms with van der Waals surface area (Å²) in [4.78, 5) is 10.2. The first-order valence-corrected chi connectivity index (χ1v) is 5.65. The Balaban J connectivity index is 0.000000171. The summed E-state index contributed by atoms with van der Waals surface area (Å²) in [7, 11) is 0. The number of hydrogen-bond acceptors (Lipinski definition) is 1. The van der Waals surface area contributed by atoms with E-state index < -0.39 is 5.97 Å². The van der Waals surface area contributed by atoms with Gasteiger partial charge < -0.3 is 5.11 Å². The summed E-state index contributed by atoms with van der Waals surface area (Å²) in [6.45, 7) is 4.42. The molecule has 1 aliphatic carbocycles. The molecule has 17 heavy (non-hydrogen) atoms. The number of carboxylic acids is 1. The lowest BCUT2D eigenvalue weighted by Gasteiger charge is -2.16. The van der Waals surface area contributed by atoms with E-state index >= 15 is 0 Å². The maximum Gasteiger partial charge on any atom is 0.335 e. The Morgan fingerprint density at radius 3 is 1.94 bits per heavy atom. The van der Waals surface area contributed by atoms with Gasteiger partial charge in [-0.15, -0.1) is 0 Å². The van der Waals surface area contributed by atoms with Crippen molar-refractivity contribution in [2.75, 3.05) is 0 Å². The van der Waals surface area contributed by atoms with Crippen molar-refractivity contribution in [2.24, 2.45) is 5.41 Å². The molecule has 0 radical (unpaired) electrons. The van der Waals surface area contributed by atoms with Crippen LogP contribution in [0.15, 0.2) is 54.6 Å². The molecule has 0 heterocycles. The van der Waals surface area contributed by atoms with E-state index in [2.05, 4.69) is 38.2 Å². The second kappa shape index (κ2) is 6.04. The molecule has 1 N–H and O–H groups in total. The number of benzene rings is 1. The molecule has 0 atom stereocenters. The summed E-state index contributed by atoms with van der Waals surface area (Å²) in [5.41, 5.74) is 0.649. The van der Waals surface area contributed by atoms with Crippen LogP contribution in [0.3, 0.4) is 0 Å². The number of carboxylic acid groups (broad SMARTS) is 1. The van der Waals surface area contributed by atoms with Gasteiger partial charge in [0.15, 0.2) is 0 Å². The summed E-state index contributed by atoms with van der Waals surface area (Å²) >= 11 is 0. The zero-order valence-electron chi connectivity index (χ0n) is 10.3. The van der Waals surface area contributed by atoms with Crippen LogP contribution in [-0.4, -0.2) is 11.1 Å². The fraction of sp³-hybridized carbons (Fsp3) is 0.267. The standard InChI is InChI=1S/C8H12.C7H6O2/c1-8(2)6-4-3-5-7-8;8-7(9)6-4-2-1-3-5-6/h4-7H,3H2,1-2H3;1-5H,(H,8,9). The molecule has 0 saturated carbocycles. The number of rotatable bonds is 1. The van der Waals surface area contributed by atoms with Crippen LogP contribution < -0.4 is 0 Å². The molecule has 0 aliphatic heterocycles. The molecule has 2 nitrogen and oxygen atoms in total. The smallest absolute Gasteiger partial charge is 0.335 e. The van der Waals surface area contributed by atoms with Crippen LogP contribution in [-0.2, 0) is 0 Å². The van der Waals surface area contributed by atoms with Gasteiger partial charge in [-0.05, 0) is 18.6 Å². The predicted molar refractivity (Wildman–Crippen MR) is 70.1 cm³/mol. The Hall–Kier alpha value is -1.83. The Bertz CT molecular complexity index is 400. The van der Waals surface area contributed by atoms with Crippen molar-refractivity contribution >= 4 is 5.97 Å². The van der Waals surface area contributed by atoms with Gasteiger partial charge in [0.1, 0.15) is 0 Å². The van der Waals surface area contributed by atoms with E-state index in [1.165, 1.54) is 0 Å². The van der Waals surface area contributed by atoms with Gasteiger partial charge in [-0.3, -0.25) is 0 Å². The number of allylic oxidation sites excluding steroid dienone is 4. The summed E-state index contributed by atoms with van der Waals surface area (Å²) in [5, 5.41) is 8.38. The van der Waals surface area contributed by atoms with Crippen molar-refractivity contribution < 1.29 is 9.90 Å². The summed E-state index contributed by atoms with van der Waals surface area (Å²) in [5.74, 6) is -0.879.